The Hall–Kier alpha value is -0.990. The second-order valence-corrected chi connectivity index (χ2v) is 3.62. The number of rotatable bonds is 2. The van der Waals surface area contributed by atoms with E-state index in [0.29, 0.717) is 0 Å². The van der Waals surface area contributed by atoms with Gasteiger partial charge < -0.3 is 0 Å². The molecule has 1 aromatic heterocycles. The van der Waals surface area contributed by atoms with Crippen LogP contribution in [0.3, 0.4) is 0 Å². The monoisotopic (exact) mass is 223 g/mol. The number of pyridine rings is 1. The third kappa shape index (κ3) is 2.08. The maximum atomic E-state index is 4.33. The number of aromatic nitrogens is 1. The largest absolute Gasteiger partial charge is 0.255 e. The molecule has 0 aliphatic heterocycles. The number of hydrogen-bond acceptors (Lipinski definition) is 2. The summed E-state index contributed by atoms with van der Waals surface area (Å²) in [7, 11) is 0. The predicted molar refractivity (Wildman–Crippen MR) is 65.0 cm³/mol. The zero-order valence-electron chi connectivity index (χ0n) is 7.51. The molecule has 1 nitrogen and oxygen atoms in total. The lowest BCUT2D eigenvalue weighted by molar-refractivity contribution is 1.35. The number of thioether (sulfide) groups is 1. The molecule has 2 rings (SSSR count). The summed E-state index contributed by atoms with van der Waals surface area (Å²) in [5.41, 5.74) is 1.05. The average Bonchev–Trinajstić information content (AvgIpc) is 2.19. The van der Waals surface area contributed by atoms with Gasteiger partial charge in [-0.15, -0.1) is 12.4 Å². The van der Waals surface area contributed by atoms with Crippen molar-refractivity contribution in [2.75, 3.05) is 0 Å². The molecule has 1 aromatic carbocycles. The maximum absolute atomic E-state index is 4.33. The molecule has 0 saturated carbocycles. The van der Waals surface area contributed by atoms with Crippen molar-refractivity contribution in [2.24, 2.45) is 0 Å². The molecular weight excluding hydrogens is 214 g/mol. The molecule has 0 radical (unpaired) electrons. The number of halogens is 1. The molecule has 0 spiro atoms. The van der Waals surface area contributed by atoms with E-state index < -0.39 is 0 Å². The van der Waals surface area contributed by atoms with Gasteiger partial charge >= 0.3 is 0 Å². The molecule has 0 unspecified atom stereocenters. The van der Waals surface area contributed by atoms with Gasteiger partial charge in [0.2, 0.25) is 0 Å². The van der Waals surface area contributed by atoms with E-state index in [1.54, 1.807) is 11.8 Å². The van der Waals surface area contributed by atoms with E-state index in [-0.39, 0.29) is 12.4 Å². The molecule has 0 fully saturated rings. The van der Waals surface area contributed by atoms with Crippen LogP contribution in [0.15, 0.2) is 53.4 Å². The molecule has 14 heavy (non-hydrogen) atoms. The Balaban J connectivity index is 0.000000980. The molecule has 0 atom stereocenters. The van der Waals surface area contributed by atoms with E-state index in [2.05, 4.69) is 29.8 Å². The second-order valence-electron chi connectivity index (χ2n) is 2.62. The molecule has 0 saturated heterocycles. The number of fused-ring (bicyclic) bond motifs is 1. The van der Waals surface area contributed by atoms with Crippen LogP contribution < -0.4 is 0 Å². The third-order valence-corrected chi connectivity index (χ3v) is 2.56. The van der Waals surface area contributed by atoms with Gasteiger partial charge in [0.25, 0.3) is 0 Å². The summed E-state index contributed by atoms with van der Waals surface area (Å²) in [6, 6.07) is 10.2. The predicted octanol–water partition coefficient (Wildman–Crippen LogP) is 3.89. The molecule has 72 valence electrons. The molecule has 2 aromatic rings. The van der Waals surface area contributed by atoms with Crippen LogP contribution in [-0.4, -0.2) is 4.98 Å². The first-order valence-corrected chi connectivity index (χ1v) is 4.91. The summed E-state index contributed by atoms with van der Waals surface area (Å²) >= 11 is 1.61. The Morgan fingerprint density at radius 1 is 1.21 bits per heavy atom. The van der Waals surface area contributed by atoms with Gasteiger partial charge in [-0.05, 0) is 17.5 Å². The van der Waals surface area contributed by atoms with Crippen molar-refractivity contribution < 1.29 is 0 Å². The lowest BCUT2D eigenvalue weighted by Crippen LogP contribution is -1.79. The standard InChI is InChI=1S/C11H9NS.ClH/c1-2-13-10-7-3-5-9-6-4-8-12-11(9)10;/h2-8H,1H2;1H. The highest BCUT2D eigenvalue weighted by molar-refractivity contribution is 8.02. The van der Waals surface area contributed by atoms with Gasteiger partial charge in [-0.2, -0.15) is 0 Å². The first kappa shape index (κ1) is 11.1. The van der Waals surface area contributed by atoms with E-state index in [9.17, 15) is 0 Å². The van der Waals surface area contributed by atoms with E-state index in [0.717, 1.165) is 10.4 Å². The maximum Gasteiger partial charge on any atom is 0.0841 e. The van der Waals surface area contributed by atoms with Gasteiger partial charge in [0, 0.05) is 16.5 Å². The van der Waals surface area contributed by atoms with Crippen LogP contribution in [0, 0.1) is 0 Å². The molecule has 0 amide bonds. The zero-order chi connectivity index (χ0) is 9.10. The van der Waals surface area contributed by atoms with E-state index in [1.165, 1.54) is 5.39 Å². The summed E-state index contributed by atoms with van der Waals surface area (Å²) in [5, 5.41) is 3.00. The minimum atomic E-state index is 0. The van der Waals surface area contributed by atoms with Crippen LogP contribution in [0.2, 0.25) is 0 Å². The molecule has 0 aliphatic rings. The van der Waals surface area contributed by atoms with E-state index in [4.69, 9.17) is 0 Å². The SMILES string of the molecule is C=CSc1cccc2cccnc12.Cl. The average molecular weight is 224 g/mol. The number of benzene rings is 1. The minimum Gasteiger partial charge on any atom is -0.255 e. The first-order valence-electron chi connectivity index (χ1n) is 4.03. The number of nitrogens with zero attached hydrogens (tertiary/aromatic N) is 1. The molecular formula is C11H10ClNS. The highest BCUT2D eigenvalue weighted by Crippen LogP contribution is 2.25. The lowest BCUT2D eigenvalue weighted by atomic mass is 10.2. The molecule has 0 aliphatic carbocycles. The van der Waals surface area contributed by atoms with Crippen LogP contribution in [0.25, 0.3) is 10.9 Å². The van der Waals surface area contributed by atoms with Crippen LogP contribution >= 0.6 is 24.2 Å². The van der Waals surface area contributed by atoms with E-state index in [1.807, 2.05) is 23.7 Å². The van der Waals surface area contributed by atoms with Gasteiger partial charge in [0.15, 0.2) is 0 Å². The normalized spacial score (nSPS) is 9.43. The Labute approximate surface area is 93.6 Å². The number of hydrogen-bond donors (Lipinski definition) is 0. The highest BCUT2D eigenvalue weighted by Gasteiger charge is 1.98. The van der Waals surface area contributed by atoms with Crippen molar-refractivity contribution in [2.45, 2.75) is 4.90 Å². The lowest BCUT2D eigenvalue weighted by Gasteiger charge is -2.00. The summed E-state index contributed by atoms with van der Waals surface area (Å²) < 4.78 is 0. The van der Waals surface area contributed by atoms with Gasteiger partial charge in [0.05, 0.1) is 5.52 Å². The van der Waals surface area contributed by atoms with Crippen molar-refractivity contribution >= 4 is 35.1 Å². The Morgan fingerprint density at radius 3 is 2.79 bits per heavy atom. The first-order chi connectivity index (χ1) is 6.42. The number of para-hydroxylation sites is 1. The summed E-state index contributed by atoms with van der Waals surface area (Å²) in [6.07, 6.45) is 1.81. The Kier molecular flexibility index (Phi) is 3.98. The van der Waals surface area contributed by atoms with Gasteiger partial charge in [-0.3, -0.25) is 4.98 Å². The summed E-state index contributed by atoms with van der Waals surface area (Å²) in [6.45, 7) is 3.70. The summed E-state index contributed by atoms with van der Waals surface area (Å²) in [5.74, 6) is 0. The fourth-order valence-corrected chi connectivity index (χ4v) is 1.88. The smallest absolute Gasteiger partial charge is 0.0841 e. The fourth-order valence-electron chi connectivity index (χ4n) is 1.26. The topological polar surface area (TPSA) is 12.9 Å². The third-order valence-electron chi connectivity index (χ3n) is 1.81. The van der Waals surface area contributed by atoms with Crippen LogP contribution in [0.5, 0.6) is 0 Å². The fraction of sp³-hybridized carbons (Fsp3) is 0. The van der Waals surface area contributed by atoms with Crippen LogP contribution in [0.1, 0.15) is 0 Å². The van der Waals surface area contributed by atoms with Gasteiger partial charge in [-0.1, -0.05) is 36.5 Å². The Bertz CT molecular complexity index is 437. The second kappa shape index (κ2) is 5.03. The molecule has 3 heteroatoms. The Morgan fingerprint density at radius 2 is 2.00 bits per heavy atom. The molecule has 0 N–H and O–H groups in total. The highest BCUT2D eigenvalue weighted by atomic mass is 35.5. The van der Waals surface area contributed by atoms with E-state index >= 15 is 0 Å². The van der Waals surface area contributed by atoms with Crippen molar-refractivity contribution in [3.63, 3.8) is 0 Å². The zero-order valence-corrected chi connectivity index (χ0v) is 9.15. The van der Waals surface area contributed by atoms with Gasteiger partial charge in [0.1, 0.15) is 0 Å². The van der Waals surface area contributed by atoms with Crippen molar-refractivity contribution in [3.8, 4) is 0 Å². The van der Waals surface area contributed by atoms with Gasteiger partial charge in [-0.25, -0.2) is 0 Å². The minimum absolute atomic E-state index is 0. The van der Waals surface area contributed by atoms with Crippen LogP contribution in [-0.2, 0) is 0 Å². The van der Waals surface area contributed by atoms with Crippen molar-refractivity contribution in [1.29, 1.82) is 0 Å². The molecule has 1 heterocycles. The quantitative estimate of drug-likeness (QED) is 0.717. The van der Waals surface area contributed by atoms with Crippen LogP contribution in [0.4, 0.5) is 0 Å². The van der Waals surface area contributed by atoms with Crippen molar-refractivity contribution in [3.05, 3.63) is 48.5 Å². The molecule has 0 bridgehead atoms. The summed E-state index contributed by atoms with van der Waals surface area (Å²) in [4.78, 5) is 5.49. The van der Waals surface area contributed by atoms with Crippen molar-refractivity contribution in [1.82, 2.24) is 4.98 Å².